The highest BCUT2D eigenvalue weighted by atomic mass is 32.2. The molecule has 0 radical (unpaired) electrons. The lowest BCUT2D eigenvalue weighted by atomic mass is 10.1. The summed E-state index contributed by atoms with van der Waals surface area (Å²) in [6.45, 7) is 5.00. The Morgan fingerprint density at radius 3 is 2.56 bits per heavy atom. The van der Waals surface area contributed by atoms with Crippen LogP contribution in [0.15, 0.2) is 48.8 Å². The van der Waals surface area contributed by atoms with E-state index >= 15 is 0 Å². The summed E-state index contributed by atoms with van der Waals surface area (Å²) >= 11 is 0. The van der Waals surface area contributed by atoms with Crippen LogP contribution in [0.4, 0.5) is 0 Å². The highest BCUT2D eigenvalue weighted by Crippen LogP contribution is 2.16. The lowest BCUT2D eigenvalue weighted by molar-refractivity contribution is 0.286. The maximum Gasteiger partial charge on any atom is 0.215 e. The van der Waals surface area contributed by atoms with E-state index in [2.05, 4.69) is 11.1 Å². The van der Waals surface area contributed by atoms with E-state index in [0.29, 0.717) is 19.7 Å². The van der Waals surface area contributed by atoms with E-state index in [0.717, 1.165) is 27.9 Å². The van der Waals surface area contributed by atoms with Crippen LogP contribution in [0.1, 0.15) is 11.1 Å². The lowest BCUT2D eigenvalue weighted by Gasteiger charge is -2.18. The first-order chi connectivity index (χ1) is 12.8. The summed E-state index contributed by atoms with van der Waals surface area (Å²) in [4.78, 5) is 4.30. The van der Waals surface area contributed by atoms with E-state index in [9.17, 15) is 8.42 Å². The molecule has 1 heterocycles. The summed E-state index contributed by atoms with van der Waals surface area (Å²) in [7, 11) is -1.78. The smallest absolute Gasteiger partial charge is 0.215 e. The number of likely N-dealkylation sites (N-methyl/N-ethyl adjacent to an activating group) is 1. The van der Waals surface area contributed by atoms with Gasteiger partial charge in [-0.25, -0.2) is 17.7 Å². The van der Waals surface area contributed by atoms with Gasteiger partial charge in [-0.1, -0.05) is 18.2 Å². The second-order valence-corrected chi connectivity index (χ2v) is 8.93. The van der Waals surface area contributed by atoms with Crippen molar-refractivity contribution in [2.24, 2.45) is 0 Å². The molecule has 0 aliphatic carbocycles. The average molecular weight is 388 g/mol. The molecule has 0 amide bonds. The maximum absolute atomic E-state index is 12.5. The highest BCUT2D eigenvalue weighted by molar-refractivity contribution is 7.89. The third kappa shape index (κ3) is 4.87. The Balaban J connectivity index is 1.54. The molecule has 0 atom stereocenters. The number of para-hydroxylation sites is 2. The molecular weight excluding hydrogens is 362 g/mol. The van der Waals surface area contributed by atoms with Gasteiger partial charge in [0.2, 0.25) is 10.0 Å². The predicted molar refractivity (Wildman–Crippen MR) is 108 cm³/mol. The van der Waals surface area contributed by atoms with Crippen LogP contribution in [0.25, 0.3) is 11.0 Å². The Morgan fingerprint density at radius 2 is 1.81 bits per heavy atom. The van der Waals surface area contributed by atoms with Crippen LogP contribution in [-0.4, -0.2) is 48.2 Å². The van der Waals surface area contributed by atoms with Gasteiger partial charge < -0.3 is 9.30 Å². The fraction of sp³-hybridized carbons (Fsp3) is 0.350. The molecule has 0 aliphatic rings. The van der Waals surface area contributed by atoms with Gasteiger partial charge in [0.25, 0.3) is 0 Å². The molecule has 0 spiro atoms. The van der Waals surface area contributed by atoms with Crippen molar-refractivity contribution in [2.75, 3.05) is 26.0 Å². The topological polar surface area (TPSA) is 64.4 Å². The van der Waals surface area contributed by atoms with Gasteiger partial charge >= 0.3 is 0 Å². The molecule has 3 aromatic rings. The molecule has 3 rings (SSSR count). The van der Waals surface area contributed by atoms with E-state index in [1.165, 1.54) is 4.31 Å². The van der Waals surface area contributed by atoms with Gasteiger partial charge in [-0.05, 0) is 49.2 Å². The molecule has 7 heteroatoms. The fourth-order valence-corrected chi connectivity index (χ4v) is 4.10. The predicted octanol–water partition coefficient (Wildman–Crippen LogP) is 2.99. The number of nitrogens with zero attached hydrogens (tertiary/aromatic N) is 3. The summed E-state index contributed by atoms with van der Waals surface area (Å²) in [6.07, 6.45) is 1.68. The first kappa shape index (κ1) is 19.4. The number of hydrogen-bond donors (Lipinski definition) is 0. The van der Waals surface area contributed by atoms with Crippen molar-refractivity contribution in [1.82, 2.24) is 13.9 Å². The second kappa shape index (κ2) is 8.10. The molecule has 0 unspecified atom stereocenters. The van der Waals surface area contributed by atoms with Gasteiger partial charge in [0.05, 0.1) is 23.1 Å². The van der Waals surface area contributed by atoms with Gasteiger partial charge in [0.1, 0.15) is 12.4 Å². The zero-order chi connectivity index (χ0) is 19.4. The summed E-state index contributed by atoms with van der Waals surface area (Å²) in [5.74, 6) is 0.788. The third-order valence-corrected chi connectivity index (χ3v) is 6.29. The molecule has 0 N–H and O–H groups in total. The third-order valence-electron chi connectivity index (χ3n) is 4.46. The molecule has 0 bridgehead atoms. The Hall–Kier alpha value is -2.38. The van der Waals surface area contributed by atoms with Crippen molar-refractivity contribution in [2.45, 2.75) is 20.4 Å². The van der Waals surface area contributed by atoms with Crippen molar-refractivity contribution in [3.63, 3.8) is 0 Å². The number of aromatic nitrogens is 2. The van der Waals surface area contributed by atoms with Gasteiger partial charge in [0, 0.05) is 20.1 Å². The van der Waals surface area contributed by atoms with Crippen molar-refractivity contribution < 1.29 is 13.2 Å². The molecule has 6 nitrogen and oxygen atoms in total. The number of imidazole rings is 1. The van der Waals surface area contributed by atoms with Crippen molar-refractivity contribution in [3.05, 3.63) is 59.9 Å². The Morgan fingerprint density at radius 1 is 1.11 bits per heavy atom. The molecule has 2 aromatic carbocycles. The molecule has 27 heavy (non-hydrogen) atoms. The highest BCUT2D eigenvalue weighted by Gasteiger charge is 2.18. The summed E-state index contributed by atoms with van der Waals surface area (Å²) in [6, 6.07) is 13.7. The maximum atomic E-state index is 12.5. The van der Waals surface area contributed by atoms with E-state index in [-0.39, 0.29) is 5.75 Å². The zero-order valence-electron chi connectivity index (χ0n) is 15.9. The van der Waals surface area contributed by atoms with Crippen molar-refractivity contribution in [3.8, 4) is 5.75 Å². The molecular formula is C20H25N3O3S. The van der Waals surface area contributed by atoms with Crippen molar-refractivity contribution >= 4 is 21.1 Å². The molecule has 0 fully saturated rings. The lowest BCUT2D eigenvalue weighted by Crippen LogP contribution is -2.34. The van der Waals surface area contributed by atoms with Crippen LogP contribution in [0.5, 0.6) is 5.75 Å². The number of rotatable bonds is 8. The number of aryl methyl sites for hydroxylation is 3. The first-order valence-electron chi connectivity index (χ1n) is 8.90. The minimum Gasteiger partial charge on any atom is -0.492 e. The Bertz CT molecular complexity index is 1010. The minimum absolute atomic E-state index is 0.0212. The summed E-state index contributed by atoms with van der Waals surface area (Å²) < 4.78 is 34.0. The zero-order valence-corrected chi connectivity index (χ0v) is 16.7. The van der Waals surface area contributed by atoms with Crippen LogP contribution in [-0.2, 0) is 16.6 Å². The average Bonchev–Trinajstić information content (AvgIpc) is 3.02. The molecule has 0 aliphatic heterocycles. The van der Waals surface area contributed by atoms with Gasteiger partial charge in [-0.3, -0.25) is 0 Å². The van der Waals surface area contributed by atoms with Crippen LogP contribution >= 0.6 is 0 Å². The molecule has 144 valence electrons. The summed E-state index contributed by atoms with van der Waals surface area (Å²) in [5, 5.41) is 0. The molecule has 0 saturated heterocycles. The van der Waals surface area contributed by atoms with E-state index in [1.807, 2.05) is 54.8 Å². The summed E-state index contributed by atoms with van der Waals surface area (Å²) in [5.41, 5.74) is 4.05. The van der Waals surface area contributed by atoms with Crippen LogP contribution in [0.3, 0.4) is 0 Å². The Labute approximate surface area is 160 Å². The van der Waals surface area contributed by atoms with Crippen LogP contribution in [0.2, 0.25) is 0 Å². The number of hydrogen-bond acceptors (Lipinski definition) is 4. The number of fused-ring (bicyclic) bond motifs is 1. The fourth-order valence-electron chi connectivity index (χ4n) is 3.01. The van der Waals surface area contributed by atoms with Crippen LogP contribution in [0, 0.1) is 13.8 Å². The first-order valence-corrected chi connectivity index (χ1v) is 10.5. The normalized spacial score (nSPS) is 12.0. The van der Waals surface area contributed by atoms with E-state index in [1.54, 1.807) is 13.4 Å². The van der Waals surface area contributed by atoms with Gasteiger partial charge in [-0.2, -0.15) is 0 Å². The number of benzene rings is 2. The SMILES string of the molecule is Cc1cc(C)cc(OCCN(C)S(=O)(=O)CCn2cnc3ccccc32)c1. The molecule has 0 saturated carbocycles. The minimum atomic E-state index is -3.37. The van der Waals surface area contributed by atoms with E-state index in [4.69, 9.17) is 4.74 Å². The van der Waals surface area contributed by atoms with Crippen molar-refractivity contribution in [1.29, 1.82) is 0 Å². The van der Waals surface area contributed by atoms with Gasteiger partial charge in [0.15, 0.2) is 0 Å². The Kier molecular flexibility index (Phi) is 5.82. The van der Waals surface area contributed by atoms with Crippen LogP contribution < -0.4 is 4.74 Å². The van der Waals surface area contributed by atoms with E-state index < -0.39 is 10.0 Å². The number of ether oxygens (including phenoxy) is 1. The quantitative estimate of drug-likeness (QED) is 0.596. The second-order valence-electron chi connectivity index (χ2n) is 6.74. The standard InChI is InChI=1S/C20H25N3O3S/c1-16-12-17(2)14-18(13-16)26-10-8-22(3)27(24,25)11-9-23-15-21-19-6-4-5-7-20(19)23/h4-7,12-15H,8-11H2,1-3H3. The monoisotopic (exact) mass is 387 g/mol. The van der Waals surface area contributed by atoms with Gasteiger partial charge in [-0.15, -0.1) is 0 Å². The number of sulfonamides is 1. The molecule has 1 aromatic heterocycles. The largest absolute Gasteiger partial charge is 0.492 e.